The number of benzene rings is 1. The second-order valence-corrected chi connectivity index (χ2v) is 6.30. The van der Waals surface area contributed by atoms with E-state index < -0.39 is 0 Å². The zero-order chi connectivity index (χ0) is 16.8. The molecule has 0 aromatic heterocycles. The maximum absolute atomic E-state index is 12.4. The molecule has 1 saturated carbocycles. The summed E-state index contributed by atoms with van der Waals surface area (Å²) in [6, 6.07) is 7.06. The molecule has 0 aliphatic heterocycles. The number of para-hydroxylation sites is 1. The van der Waals surface area contributed by atoms with Crippen LogP contribution >= 0.6 is 0 Å². The van der Waals surface area contributed by atoms with Gasteiger partial charge in [-0.1, -0.05) is 32.0 Å². The molecule has 0 bridgehead atoms. The third-order valence-corrected chi connectivity index (χ3v) is 4.28. The summed E-state index contributed by atoms with van der Waals surface area (Å²) in [4.78, 5) is 25.9. The van der Waals surface area contributed by atoms with Crippen LogP contribution in [0.4, 0.5) is 0 Å². The van der Waals surface area contributed by atoms with Crippen LogP contribution in [0.2, 0.25) is 0 Å². The fraction of sp³-hybridized carbons (Fsp3) is 0.556. The lowest BCUT2D eigenvalue weighted by Crippen LogP contribution is -2.35. The molecule has 0 unspecified atom stereocenters. The molecule has 0 heterocycles. The number of rotatable bonds is 8. The average molecular weight is 318 g/mol. The van der Waals surface area contributed by atoms with Crippen LogP contribution in [0.5, 0.6) is 5.75 Å². The van der Waals surface area contributed by atoms with Crippen LogP contribution in [0.25, 0.3) is 0 Å². The van der Waals surface area contributed by atoms with Gasteiger partial charge >= 0.3 is 0 Å². The Hall–Kier alpha value is -2.04. The summed E-state index contributed by atoms with van der Waals surface area (Å²) in [7, 11) is 0. The molecule has 2 N–H and O–H groups in total. The van der Waals surface area contributed by atoms with E-state index >= 15 is 0 Å². The highest BCUT2D eigenvalue weighted by molar-refractivity contribution is 5.82. The van der Waals surface area contributed by atoms with Gasteiger partial charge in [-0.05, 0) is 24.8 Å². The lowest BCUT2D eigenvalue weighted by Gasteiger charge is -2.23. The molecule has 0 saturated heterocycles. The van der Waals surface area contributed by atoms with Crippen molar-refractivity contribution in [2.75, 3.05) is 13.1 Å². The van der Waals surface area contributed by atoms with Gasteiger partial charge in [-0.3, -0.25) is 9.59 Å². The molecule has 1 aromatic carbocycles. The molecular weight excluding hydrogens is 292 g/mol. The number of amides is 2. The van der Waals surface area contributed by atoms with E-state index in [1.807, 2.05) is 19.1 Å². The van der Waals surface area contributed by atoms with Crippen LogP contribution in [0.1, 0.15) is 38.7 Å². The molecule has 23 heavy (non-hydrogen) atoms. The first-order valence-electron chi connectivity index (χ1n) is 8.35. The summed E-state index contributed by atoms with van der Waals surface area (Å²) in [5.41, 5.74) is 0.741. The Kier molecular flexibility index (Phi) is 6.02. The molecule has 5 nitrogen and oxygen atoms in total. The average Bonchev–Trinajstić information content (AvgIpc) is 3.25. The quantitative estimate of drug-likeness (QED) is 0.772. The summed E-state index contributed by atoms with van der Waals surface area (Å²) in [5.74, 6) is 0.881. The summed E-state index contributed by atoms with van der Waals surface area (Å²) in [5, 5.41) is 12.7. The van der Waals surface area contributed by atoms with E-state index in [2.05, 4.69) is 12.2 Å². The number of nitrogens with zero attached hydrogens (tertiary/aromatic N) is 1. The minimum atomic E-state index is -0.000696. The number of hydrogen-bond donors (Lipinski definition) is 2. The van der Waals surface area contributed by atoms with Gasteiger partial charge in [0.05, 0.1) is 0 Å². The molecule has 1 aliphatic carbocycles. The molecule has 0 spiro atoms. The summed E-state index contributed by atoms with van der Waals surface area (Å²) in [6.07, 6.45) is 2.10. The first-order valence-corrected chi connectivity index (χ1v) is 8.35. The number of hydrogen-bond acceptors (Lipinski definition) is 3. The van der Waals surface area contributed by atoms with Gasteiger partial charge in [0.2, 0.25) is 11.8 Å². The minimum Gasteiger partial charge on any atom is -0.508 e. The van der Waals surface area contributed by atoms with Crippen molar-refractivity contribution in [2.45, 2.75) is 39.7 Å². The van der Waals surface area contributed by atoms with E-state index in [1.165, 1.54) is 0 Å². The number of phenols is 1. The third kappa shape index (κ3) is 4.98. The summed E-state index contributed by atoms with van der Waals surface area (Å²) in [6.45, 7) is 5.49. The Labute approximate surface area is 137 Å². The summed E-state index contributed by atoms with van der Waals surface area (Å²) >= 11 is 0. The number of carbonyl (C=O) groups excluding carboxylic acids is 2. The van der Waals surface area contributed by atoms with E-state index in [9.17, 15) is 14.7 Å². The number of phenolic OH excluding ortho intramolecular Hbond substituents is 1. The standard InChI is InChI=1S/C18H26N2O3/c1-3-10-20(12-14-6-4-5-7-16(14)21)17(22)8-9-19-18(23)15-11-13(15)2/h4-7,13,15,21H,3,8-12H2,1-2H3,(H,19,23)/t13-,15+/m1/s1. The molecule has 1 aromatic rings. The second kappa shape index (κ2) is 7.99. The van der Waals surface area contributed by atoms with Crippen LogP contribution in [0.15, 0.2) is 24.3 Å². The Morgan fingerprint density at radius 3 is 2.65 bits per heavy atom. The SMILES string of the molecule is CCCN(Cc1ccccc1O)C(=O)CCNC(=O)[C@H]1C[C@H]1C. The van der Waals surface area contributed by atoms with Gasteiger partial charge in [-0.2, -0.15) is 0 Å². The van der Waals surface area contributed by atoms with E-state index in [0.29, 0.717) is 32.0 Å². The Balaban J connectivity index is 1.83. The highest BCUT2D eigenvalue weighted by atomic mass is 16.3. The predicted octanol–water partition coefficient (Wildman–Crippen LogP) is 2.29. The molecule has 1 aliphatic rings. The van der Waals surface area contributed by atoms with E-state index in [0.717, 1.165) is 18.4 Å². The third-order valence-electron chi connectivity index (χ3n) is 4.28. The van der Waals surface area contributed by atoms with Crippen LogP contribution in [-0.4, -0.2) is 34.9 Å². The molecule has 5 heteroatoms. The molecule has 2 rings (SSSR count). The van der Waals surface area contributed by atoms with E-state index in [4.69, 9.17) is 0 Å². The van der Waals surface area contributed by atoms with Crippen molar-refractivity contribution in [3.63, 3.8) is 0 Å². The van der Waals surface area contributed by atoms with Gasteiger partial charge in [0.25, 0.3) is 0 Å². The zero-order valence-corrected chi connectivity index (χ0v) is 13.9. The van der Waals surface area contributed by atoms with E-state index in [-0.39, 0.29) is 23.5 Å². The number of aromatic hydroxyl groups is 1. The van der Waals surface area contributed by atoms with Crippen molar-refractivity contribution in [2.24, 2.45) is 11.8 Å². The van der Waals surface area contributed by atoms with Gasteiger partial charge in [0.15, 0.2) is 0 Å². The number of nitrogens with one attached hydrogen (secondary N) is 1. The topological polar surface area (TPSA) is 69.6 Å². The van der Waals surface area contributed by atoms with Gasteiger partial charge < -0.3 is 15.3 Å². The first kappa shape index (κ1) is 17.3. The van der Waals surface area contributed by atoms with Gasteiger partial charge in [0.1, 0.15) is 5.75 Å². The molecular formula is C18H26N2O3. The first-order chi connectivity index (χ1) is 11.0. The van der Waals surface area contributed by atoms with Gasteiger partial charge in [0, 0.05) is 37.5 Å². The maximum Gasteiger partial charge on any atom is 0.224 e. The zero-order valence-electron chi connectivity index (χ0n) is 13.9. The van der Waals surface area contributed by atoms with Crippen molar-refractivity contribution < 1.29 is 14.7 Å². The lowest BCUT2D eigenvalue weighted by atomic mass is 10.1. The molecule has 1 fully saturated rings. The summed E-state index contributed by atoms with van der Waals surface area (Å²) < 4.78 is 0. The monoisotopic (exact) mass is 318 g/mol. The predicted molar refractivity (Wildman–Crippen MR) is 88.7 cm³/mol. The highest BCUT2D eigenvalue weighted by Gasteiger charge is 2.38. The second-order valence-electron chi connectivity index (χ2n) is 6.30. The lowest BCUT2D eigenvalue weighted by molar-refractivity contribution is -0.132. The molecule has 126 valence electrons. The molecule has 2 atom stereocenters. The molecule has 2 amide bonds. The maximum atomic E-state index is 12.4. The molecule has 0 radical (unpaired) electrons. The van der Waals surface area contributed by atoms with Crippen LogP contribution in [0.3, 0.4) is 0 Å². The van der Waals surface area contributed by atoms with Crippen molar-refractivity contribution in [1.29, 1.82) is 0 Å². The highest BCUT2D eigenvalue weighted by Crippen LogP contribution is 2.37. The van der Waals surface area contributed by atoms with Crippen LogP contribution in [0, 0.1) is 11.8 Å². The Morgan fingerprint density at radius 1 is 1.35 bits per heavy atom. The Bertz CT molecular complexity index is 559. The fourth-order valence-electron chi connectivity index (χ4n) is 2.68. The largest absolute Gasteiger partial charge is 0.508 e. The Morgan fingerprint density at radius 2 is 2.04 bits per heavy atom. The van der Waals surface area contributed by atoms with Crippen LogP contribution < -0.4 is 5.32 Å². The fourth-order valence-corrected chi connectivity index (χ4v) is 2.68. The normalized spacial score (nSPS) is 19.2. The van der Waals surface area contributed by atoms with E-state index in [1.54, 1.807) is 17.0 Å². The number of carbonyl (C=O) groups is 2. The van der Waals surface area contributed by atoms with Crippen molar-refractivity contribution >= 4 is 11.8 Å². The van der Waals surface area contributed by atoms with Crippen molar-refractivity contribution in [1.82, 2.24) is 10.2 Å². The van der Waals surface area contributed by atoms with Gasteiger partial charge in [-0.15, -0.1) is 0 Å². The van der Waals surface area contributed by atoms with Crippen LogP contribution in [-0.2, 0) is 16.1 Å². The van der Waals surface area contributed by atoms with Crippen molar-refractivity contribution in [3.05, 3.63) is 29.8 Å². The smallest absolute Gasteiger partial charge is 0.224 e. The van der Waals surface area contributed by atoms with Gasteiger partial charge in [-0.25, -0.2) is 0 Å². The minimum absolute atomic E-state index is 0.000696. The van der Waals surface area contributed by atoms with Crippen molar-refractivity contribution in [3.8, 4) is 5.75 Å².